The van der Waals surface area contributed by atoms with Gasteiger partial charge < -0.3 is 34.9 Å². The van der Waals surface area contributed by atoms with Crippen LogP contribution in [0.4, 0.5) is 5.82 Å². The highest BCUT2D eigenvalue weighted by atomic mass is 31.2. The quantitative estimate of drug-likeness (QED) is 0.120. The number of nitrogens with one attached hydrogen (secondary N) is 1. The highest BCUT2D eigenvalue weighted by Crippen LogP contribution is 2.50. The number of fused-ring (bicyclic) bond motifs is 1. The number of para-hydroxylation sites is 1. The monoisotopic (exact) mass is 755 g/mol. The number of rotatable bonds is 14. The minimum atomic E-state index is -4.58. The first kappa shape index (κ1) is 39.6. The van der Waals surface area contributed by atoms with Gasteiger partial charge in [0, 0.05) is 6.04 Å². The van der Waals surface area contributed by atoms with Gasteiger partial charge in [0.05, 0.1) is 17.5 Å². The maximum absolute atomic E-state index is 14.6. The molecule has 1 saturated carbocycles. The van der Waals surface area contributed by atoms with Gasteiger partial charge in [0.15, 0.2) is 18.0 Å². The van der Waals surface area contributed by atoms with Gasteiger partial charge in [-0.05, 0) is 56.9 Å². The zero-order chi connectivity index (χ0) is 38.5. The molecule has 0 amide bonds. The number of carbonyl (C=O) groups excluding carboxylic acids is 3. The van der Waals surface area contributed by atoms with Crippen molar-refractivity contribution in [3.05, 3.63) is 54.5 Å². The van der Waals surface area contributed by atoms with Crippen LogP contribution < -0.4 is 21.1 Å². The summed E-state index contributed by atoms with van der Waals surface area (Å²) in [5.41, 5.74) is 10.5. The molecule has 5 N–H and O–H groups in total. The lowest BCUT2D eigenvalue weighted by Crippen LogP contribution is -2.50. The number of nitriles is 1. The molecule has 0 radical (unpaired) electrons. The Bertz CT molecular complexity index is 1860. The number of ether oxygens (including phenoxy) is 4. The number of nitrogen functional groups attached to an aromatic ring is 1. The van der Waals surface area contributed by atoms with Gasteiger partial charge in [-0.2, -0.15) is 15.4 Å². The standard InChI is InChI=1S/C35H46N7O10P/c1-20(2)32(43)49-29-28(26-15-16-27-31(38)39-19-40-42(26)27)51-35(17-36,30(29)50-33(44)21(3)4)18-47-53(46,52-25-9-7-6-8-10-25)41-22(5)34(45)48-24-13-11-23(37)12-14-24/h6-10,15-16,19-24,28-30H,11-14,18,37H2,1-5H3,(H,41,46)(H2,38,39,40)/t22-,23?,24?,28-,29-,30-,35+,53?/m0/s1. The first-order chi connectivity index (χ1) is 25.1. The largest absolute Gasteiger partial charge is 0.461 e. The first-order valence-electron chi connectivity index (χ1n) is 17.5. The van der Waals surface area contributed by atoms with E-state index in [2.05, 4.69) is 15.2 Å². The van der Waals surface area contributed by atoms with Gasteiger partial charge in [-0.15, -0.1) is 0 Å². The fourth-order valence-electron chi connectivity index (χ4n) is 5.91. The van der Waals surface area contributed by atoms with Crippen molar-refractivity contribution < 1.29 is 46.9 Å². The molecule has 2 fully saturated rings. The molecular formula is C35H46N7O10P. The van der Waals surface area contributed by atoms with E-state index in [4.69, 9.17) is 39.5 Å². The van der Waals surface area contributed by atoms with Crippen LogP contribution in [0.25, 0.3) is 5.52 Å². The maximum Gasteiger partial charge on any atom is 0.459 e. The van der Waals surface area contributed by atoms with Crippen LogP contribution >= 0.6 is 7.75 Å². The Morgan fingerprint density at radius 2 is 1.66 bits per heavy atom. The fourth-order valence-corrected chi connectivity index (χ4v) is 7.43. The van der Waals surface area contributed by atoms with Gasteiger partial charge in [-0.3, -0.25) is 18.9 Å². The van der Waals surface area contributed by atoms with Crippen molar-refractivity contribution in [3.63, 3.8) is 0 Å². The van der Waals surface area contributed by atoms with Gasteiger partial charge in [-0.1, -0.05) is 45.9 Å². The summed E-state index contributed by atoms with van der Waals surface area (Å²) < 4.78 is 51.7. The van der Waals surface area contributed by atoms with E-state index >= 15 is 0 Å². The van der Waals surface area contributed by atoms with E-state index < -0.39 is 74.1 Å². The molecule has 2 aromatic heterocycles. The normalized spacial score (nSPS) is 26.1. The predicted molar refractivity (Wildman–Crippen MR) is 189 cm³/mol. The van der Waals surface area contributed by atoms with Gasteiger partial charge in [0.25, 0.3) is 0 Å². The topological polar surface area (TPSA) is 242 Å². The Kier molecular flexibility index (Phi) is 12.4. The molecule has 0 spiro atoms. The van der Waals surface area contributed by atoms with Crippen molar-refractivity contribution in [2.45, 2.75) is 102 Å². The van der Waals surface area contributed by atoms with E-state index in [1.165, 1.54) is 29.9 Å². The minimum Gasteiger partial charge on any atom is -0.461 e. The molecule has 5 rings (SSSR count). The molecule has 3 aromatic rings. The molecule has 17 nitrogen and oxygen atoms in total. The van der Waals surface area contributed by atoms with Crippen LogP contribution in [0.5, 0.6) is 5.75 Å². The summed E-state index contributed by atoms with van der Waals surface area (Å²) in [7, 11) is -4.58. The summed E-state index contributed by atoms with van der Waals surface area (Å²) in [6.07, 6.45) is -0.905. The lowest BCUT2D eigenvalue weighted by molar-refractivity contribution is -0.173. The number of nitrogens with zero attached hydrogens (tertiary/aromatic N) is 4. The van der Waals surface area contributed by atoms with E-state index in [0.717, 1.165) is 0 Å². The van der Waals surface area contributed by atoms with Gasteiger partial charge in [-0.25, -0.2) is 14.1 Å². The summed E-state index contributed by atoms with van der Waals surface area (Å²) in [5.74, 6) is -3.15. The molecule has 1 aromatic carbocycles. The average molecular weight is 756 g/mol. The molecule has 3 heterocycles. The molecule has 6 atom stereocenters. The number of esters is 3. The van der Waals surface area contributed by atoms with Crippen LogP contribution in [0.3, 0.4) is 0 Å². The Morgan fingerprint density at radius 1 is 1.00 bits per heavy atom. The molecule has 2 aliphatic rings. The second-order valence-corrected chi connectivity index (χ2v) is 15.5. The summed E-state index contributed by atoms with van der Waals surface area (Å²) in [4.78, 5) is 43.6. The van der Waals surface area contributed by atoms with E-state index in [0.29, 0.717) is 31.2 Å². The van der Waals surface area contributed by atoms with Crippen LogP contribution in [-0.2, 0) is 42.4 Å². The molecule has 18 heteroatoms. The fraction of sp³-hybridized carbons (Fsp3) is 0.543. The summed E-state index contributed by atoms with van der Waals surface area (Å²) in [6.45, 7) is 6.98. The van der Waals surface area contributed by atoms with E-state index in [9.17, 15) is 24.2 Å². The molecule has 1 saturated heterocycles. The third kappa shape index (κ3) is 9.14. The predicted octanol–water partition coefficient (Wildman–Crippen LogP) is 3.78. The van der Waals surface area contributed by atoms with E-state index in [1.807, 2.05) is 6.07 Å². The average Bonchev–Trinajstić information content (AvgIpc) is 3.68. The Balaban J connectivity index is 1.51. The number of hydrogen-bond donors (Lipinski definition) is 3. The van der Waals surface area contributed by atoms with Gasteiger partial charge >= 0.3 is 25.7 Å². The molecule has 1 aliphatic carbocycles. The van der Waals surface area contributed by atoms with Gasteiger partial charge in [0.2, 0.25) is 5.60 Å². The highest BCUT2D eigenvalue weighted by Gasteiger charge is 2.62. The zero-order valence-corrected chi connectivity index (χ0v) is 31.1. The van der Waals surface area contributed by atoms with Crippen molar-refractivity contribution in [2.75, 3.05) is 12.3 Å². The lowest BCUT2D eigenvalue weighted by atomic mass is 9.94. The molecule has 53 heavy (non-hydrogen) atoms. The Hall–Kier alpha value is -4.59. The van der Waals surface area contributed by atoms with E-state index in [-0.39, 0.29) is 29.4 Å². The van der Waals surface area contributed by atoms with Crippen molar-refractivity contribution in [1.29, 1.82) is 5.26 Å². The number of aromatic nitrogens is 3. The molecule has 0 bridgehead atoms. The van der Waals surface area contributed by atoms with Crippen LogP contribution in [0.2, 0.25) is 0 Å². The summed E-state index contributed by atoms with van der Waals surface area (Å²) in [6, 6.07) is 12.1. The maximum atomic E-state index is 14.6. The second-order valence-electron chi connectivity index (χ2n) is 13.8. The first-order valence-corrected chi connectivity index (χ1v) is 19.0. The SMILES string of the molecule is CC(C)C(=O)O[C@H]1[C@H](c2ccc3c(N)ncnn23)O[C@](C#N)(COP(=O)(N[C@@H](C)C(=O)OC2CCC(N)CC2)Oc2ccccc2)[C@H]1OC(=O)C(C)C. The number of nitrogens with two attached hydrogens (primary N) is 2. The van der Waals surface area contributed by atoms with E-state index in [1.54, 1.807) is 58.0 Å². The Morgan fingerprint density at radius 3 is 2.30 bits per heavy atom. The van der Waals surface area contributed by atoms with Crippen LogP contribution in [0.1, 0.15) is 72.1 Å². The van der Waals surface area contributed by atoms with Crippen molar-refractivity contribution >= 4 is 37.0 Å². The van der Waals surface area contributed by atoms with Gasteiger partial charge in [0.1, 0.15) is 48.5 Å². The molecule has 1 unspecified atom stereocenters. The van der Waals surface area contributed by atoms with Crippen molar-refractivity contribution in [1.82, 2.24) is 19.7 Å². The van der Waals surface area contributed by atoms with Crippen LogP contribution in [0, 0.1) is 23.2 Å². The smallest absolute Gasteiger partial charge is 0.459 e. The zero-order valence-electron chi connectivity index (χ0n) is 30.2. The third-order valence-electron chi connectivity index (χ3n) is 8.95. The number of carbonyl (C=O) groups is 3. The van der Waals surface area contributed by atoms with Crippen molar-refractivity contribution in [3.8, 4) is 11.8 Å². The highest BCUT2D eigenvalue weighted by molar-refractivity contribution is 7.52. The van der Waals surface area contributed by atoms with Crippen molar-refractivity contribution in [2.24, 2.45) is 17.6 Å². The molecule has 1 aliphatic heterocycles. The lowest BCUT2D eigenvalue weighted by Gasteiger charge is -2.31. The minimum absolute atomic E-state index is 0.0400. The third-order valence-corrected chi connectivity index (χ3v) is 10.6. The summed E-state index contributed by atoms with van der Waals surface area (Å²) >= 11 is 0. The molecule has 286 valence electrons. The number of anilines is 1. The Labute approximate surface area is 307 Å². The molecular weight excluding hydrogens is 709 g/mol. The number of benzene rings is 1. The summed E-state index contributed by atoms with van der Waals surface area (Å²) in [5, 5.41) is 17.8. The number of hydrogen-bond acceptors (Lipinski definition) is 15. The van der Waals surface area contributed by atoms with Crippen LogP contribution in [0.15, 0.2) is 48.8 Å². The second kappa shape index (κ2) is 16.6. The van der Waals surface area contributed by atoms with Crippen LogP contribution in [-0.4, -0.2) is 75.1 Å².